The van der Waals surface area contributed by atoms with E-state index in [1.165, 1.54) is 6.20 Å². The number of carbonyl (C=O) groups is 1. The van der Waals surface area contributed by atoms with Crippen LogP contribution < -0.4 is 14.9 Å². The molecule has 1 aliphatic rings. The molecule has 3 N–H and O–H groups in total. The monoisotopic (exact) mass is 452 g/mol. The van der Waals surface area contributed by atoms with Gasteiger partial charge in [0, 0.05) is 38.6 Å². The SMILES string of the molecule is Cc1noc(C)c1S(=O)(=O)Nc1nccnc1N1CCNCC1.O=C(O)C(F)(F)F. The lowest BCUT2D eigenvalue weighted by Crippen LogP contribution is -2.44. The summed E-state index contributed by atoms with van der Waals surface area (Å²) in [4.78, 5) is 19.4. The van der Waals surface area contributed by atoms with Gasteiger partial charge in [0.05, 0.1) is 0 Å². The standard InChI is InChI=1S/C13H18N6O3S.C2HF3O2/c1-9-11(10(2)22-17-9)23(20,21)18-12-13(16-4-3-15-12)19-7-5-14-6-8-19;3-2(4,5)1(6)7/h3-4,14H,5-8H2,1-2H3,(H,15,18);(H,6,7). The molecule has 0 aliphatic carbocycles. The van der Waals surface area contributed by atoms with Crippen LogP contribution in [0.2, 0.25) is 0 Å². The maximum atomic E-state index is 12.6. The number of nitrogens with one attached hydrogen (secondary N) is 2. The fourth-order valence-corrected chi connectivity index (χ4v) is 3.89. The van der Waals surface area contributed by atoms with Gasteiger partial charge in [0.2, 0.25) is 0 Å². The molecule has 0 saturated carbocycles. The van der Waals surface area contributed by atoms with E-state index < -0.39 is 22.2 Å². The number of carboxylic acids is 1. The minimum atomic E-state index is -5.08. The molecule has 1 saturated heterocycles. The summed E-state index contributed by atoms with van der Waals surface area (Å²) in [7, 11) is -3.84. The molecular weight excluding hydrogens is 433 g/mol. The Morgan fingerprint density at radius 3 is 2.30 bits per heavy atom. The zero-order chi connectivity index (χ0) is 22.5. The Labute approximate surface area is 169 Å². The number of aliphatic carboxylic acids is 1. The molecule has 3 rings (SSSR count). The Balaban J connectivity index is 0.000000396. The lowest BCUT2D eigenvalue weighted by Gasteiger charge is -2.29. The number of anilines is 2. The van der Waals surface area contributed by atoms with Crippen LogP contribution in [0.4, 0.5) is 24.8 Å². The van der Waals surface area contributed by atoms with Gasteiger partial charge in [0.25, 0.3) is 10.0 Å². The second kappa shape index (κ2) is 9.25. The first kappa shape index (κ1) is 23.3. The second-order valence-corrected chi connectivity index (χ2v) is 7.65. The van der Waals surface area contributed by atoms with Crippen molar-refractivity contribution < 1.29 is 36.0 Å². The van der Waals surface area contributed by atoms with Crippen molar-refractivity contribution in [2.45, 2.75) is 24.9 Å². The molecule has 0 amide bonds. The Bertz CT molecular complexity index is 969. The van der Waals surface area contributed by atoms with Gasteiger partial charge in [-0.05, 0) is 13.8 Å². The van der Waals surface area contributed by atoms with Gasteiger partial charge in [-0.3, -0.25) is 4.72 Å². The summed E-state index contributed by atoms with van der Waals surface area (Å²) in [6, 6.07) is 0. The van der Waals surface area contributed by atoms with Crippen molar-refractivity contribution in [3.8, 4) is 0 Å². The summed E-state index contributed by atoms with van der Waals surface area (Å²) >= 11 is 0. The van der Waals surface area contributed by atoms with Crippen LogP contribution in [-0.4, -0.2) is 67.0 Å². The highest BCUT2D eigenvalue weighted by Gasteiger charge is 2.38. The molecule has 30 heavy (non-hydrogen) atoms. The second-order valence-electron chi connectivity index (χ2n) is 6.03. The zero-order valence-electron chi connectivity index (χ0n) is 15.9. The van der Waals surface area contributed by atoms with Crippen LogP contribution in [0.25, 0.3) is 0 Å². The van der Waals surface area contributed by atoms with Crippen molar-refractivity contribution in [2.24, 2.45) is 0 Å². The van der Waals surface area contributed by atoms with Gasteiger partial charge in [-0.1, -0.05) is 5.16 Å². The highest BCUT2D eigenvalue weighted by molar-refractivity contribution is 7.92. The van der Waals surface area contributed by atoms with Crippen molar-refractivity contribution >= 4 is 27.6 Å². The normalized spacial score (nSPS) is 14.6. The molecule has 0 aromatic carbocycles. The van der Waals surface area contributed by atoms with Crippen LogP contribution in [0.15, 0.2) is 21.8 Å². The van der Waals surface area contributed by atoms with E-state index in [9.17, 15) is 21.6 Å². The molecule has 15 heteroatoms. The Morgan fingerprint density at radius 1 is 1.23 bits per heavy atom. The maximum Gasteiger partial charge on any atom is 0.490 e. The van der Waals surface area contributed by atoms with Crippen LogP contribution in [-0.2, 0) is 14.8 Å². The number of aryl methyl sites for hydroxylation is 2. The van der Waals surface area contributed by atoms with Gasteiger partial charge in [0.15, 0.2) is 22.3 Å². The van der Waals surface area contributed by atoms with E-state index in [1.54, 1.807) is 20.0 Å². The molecular formula is C15H19F3N6O5S. The summed E-state index contributed by atoms with van der Waals surface area (Å²) in [5, 5.41) is 14.1. The topological polar surface area (TPSA) is 151 Å². The number of piperazine rings is 1. The lowest BCUT2D eigenvalue weighted by molar-refractivity contribution is -0.192. The van der Waals surface area contributed by atoms with E-state index in [0.717, 1.165) is 26.2 Å². The predicted octanol–water partition coefficient (Wildman–Crippen LogP) is 0.925. The fraction of sp³-hybridized carbons (Fsp3) is 0.467. The first-order valence-corrected chi connectivity index (χ1v) is 9.94. The largest absolute Gasteiger partial charge is 0.490 e. The third-order valence-electron chi connectivity index (χ3n) is 3.81. The number of sulfonamides is 1. The zero-order valence-corrected chi connectivity index (χ0v) is 16.7. The summed E-state index contributed by atoms with van der Waals surface area (Å²) in [6.07, 6.45) is -2.08. The highest BCUT2D eigenvalue weighted by atomic mass is 32.2. The highest BCUT2D eigenvalue weighted by Crippen LogP contribution is 2.26. The molecule has 0 atom stereocenters. The van der Waals surface area contributed by atoms with Crippen molar-refractivity contribution in [3.63, 3.8) is 0 Å². The van der Waals surface area contributed by atoms with Crippen molar-refractivity contribution in [1.29, 1.82) is 0 Å². The van der Waals surface area contributed by atoms with Gasteiger partial charge >= 0.3 is 12.1 Å². The molecule has 2 aromatic rings. The Hall–Kier alpha value is -2.94. The molecule has 166 valence electrons. The average molecular weight is 452 g/mol. The molecule has 3 heterocycles. The number of halogens is 3. The smallest absolute Gasteiger partial charge is 0.475 e. The summed E-state index contributed by atoms with van der Waals surface area (Å²) in [5.74, 6) is -1.80. The van der Waals surface area contributed by atoms with E-state index in [-0.39, 0.29) is 16.5 Å². The molecule has 1 fully saturated rings. The van der Waals surface area contributed by atoms with E-state index in [1.807, 2.05) is 4.90 Å². The number of rotatable bonds is 4. The van der Waals surface area contributed by atoms with Gasteiger partial charge < -0.3 is 19.8 Å². The number of carboxylic acid groups (broad SMARTS) is 1. The number of hydrogen-bond donors (Lipinski definition) is 3. The van der Waals surface area contributed by atoms with Crippen molar-refractivity contribution in [1.82, 2.24) is 20.4 Å². The Morgan fingerprint density at radius 2 is 1.80 bits per heavy atom. The molecule has 0 unspecified atom stereocenters. The number of nitrogens with zero attached hydrogens (tertiary/aromatic N) is 4. The van der Waals surface area contributed by atoms with Crippen molar-refractivity contribution in [3.05, 3.63) is 23.8 Å². The minimum absolute atomic E-state index is 0.0365. The van der Waals surface area contributed by atoms with Gasteiger partial charge in [-0.2, -0.15) is 13.2 Å². The first-order chi connectivity index (χ1) is 13.9. The minimum Gasteiger partial charge on any atom is -0.475 e. The van der Waals surface area contributed by atoms with Crippen LogP contribution in [0.1, 0.15) is 11.5 Å². The molecule has 11 nitrogen and oxygen atoms in total. The predicted molar refractivity (Wildman–Crippen MR) is 97.6 cm³/mol. The number of hydrogen-bond acceptors (Lipinski definition) is 9. The molecule has 0 radical (unpaired) electrons. The van der Waals surface area contributed by atoms with Crippen LogP contribution in [0.5, 0.6) is 0 Å². The van der Waals surface area contributed by atoms with Gasteiger partial charge in [-0.15, -0.1) is 0 Å². The van der Waals surface area contributed by atoms with Crippen molar-refractivity contribution in [2.75, 3.05) is 35.8 Å². The molecule has 0 spiro atoms. The van der Waals surface area contributed by atoms with Crippen LogP contribution in [0, 0.1) is 13.8 Å². The third kappa shape index (κ3) is 5.79. The van der Waals surface area contributed by atoms with Gasteiger partial charge in [0.1, 0.15) is 5.69 Å². The Kier molecular flexibility index (Phi) is 7.20. The van der Waals surface area contributed by atoms with Gasteiger partial charge in [-0.25, -0.2) is 23.2 Å². The van der Waals surface area contributed by atoms with Crippen LogP contribution in [0.3, 0.4) is 0 Å². The quantitative estimate of drug-likeness (QED) is 0.611. The first-order valence-electron chi connectivity index (χ1n) is 8.46. The van der Waals surface area contributed by atoms with Crippen LogP contribution >= 0.6 is 0 Å². The summed E-state index contributed by atoms with van der Waals surface area (Å²) in [6.45, 7) is 6.23. The molecule has 1 aliphatic heterocycles. The van der Waals surface area contributed by atoms with E-state index in [4.69, 9.17) is 14.4 Å². The summed E-state index contributed by atoms with van der Waals surface area (Å²) in [5.41, 5.74) is 0.308. The lowest BCUT2D eigenvalue weighted by atomic mass is 10.3. The molecule has 2 aromatic heterocycles. The van der Waals surface area contributed by atoms with E-state index in [0.29, 0.717) is 11.5 Å². The van der Waals surface area contributed by atoms with E-state index in [2.05, 4.69) is 25.2 Å². The average Bonchev–Trinajstić information content (AvgIpc) is 3.01. The molecule has 0 bridgehead atoms. The maximum absolute atomic E-state index is 12.6. The fourth-order valence-electron chi connectivity index (χ4n) is 2.55. The third-order valence-corrected chi connectivity index (χ3v) is 5.39. The number of alkyl halides is 3. The summed E-state index contributed by atoms with van der Waals surface area (Å²) < 4.78 is 64.4. The van der Waals surface area contributed by atoms with E-state index >= 15 is 0 Å². The number of aromatic nitrogens is 3.